The van der Waals surface area contributed by atoms with Crippen LogP contribution in [0.15, 0.2) is 83.8 Å². The average molecular weight is 447 g/mol. The molecule has 2 N–H and O–H groups in total. The molecule has 3 rings (SSSR count). The molecule has 0 fully saturated rings. The lowest BCUT2D eigenvalue weighted by Gasteiger charge is -2.10. The second-order valence-corrected chi connectivity index (χ2v) is 9.27. The van der Waals surface area contributed by atoms with E-state index in [-0.39, 0.29) is 10.8 Å². The molecule has 1 amide bonds. The predicted molar refractivity (Wildman–Crippen MR) is 120 cm³/mol. The normalized spacial score (nSPS) is 11.1. The molecule has 0 aliphatic heterocycles. The van der Waals surface area contributed by atoms with Gasteiger partial charge in [-0.25, -0.2) is 8.42 Å². The highest BCUT2D eigenvalue weighted by molar-refractivity contribution is 7.99. The van der Waals surface area contributed by atoms with Crippen LogP contribution in [0.3, 0.4) is 0 Å². The largest absolute Gasteiger partial charge is 0.325 e. The Morgan fingerprint density at radius 3 is 2.31 bits per heavy atom. The van der Waals surface area contributed by atoms with E-state index >= 15 is 0 Å². The first-order chi connectivity index (χ1) is 13.9. The molecule has 0 unspecified atom stereocenters. The molecular formula is C21H19ClN2O3S2. The molecule has 29 heavy (non-hydrogen) atoms. The number of carbonyl (C=O) groups is 1. The van der Waals surface area contributed by atoms with E-state index < -0.39 is 10.0 Å². The lowest BCUT2D eigenvalue weighted by Crippen LogP contribution is -2.15. The van der Waals surface area contributed by atoms with Crippen molar-refractivity contribution in [1.29, 1.82) is 0 Å². The Morgan fingerprint density at radius 2 is 1.62 bits per heavy atom. The van der Waals surface area contributed by atoms with Crippen LogP contribution in [0.25, 0.3) is 0 Å². The molecule has 0 aromatic heterocycles. The fraction of sp³-hybridized carbons (Fsp3) is 0.0952. The number of nitrogens with one attached hydrogen (secondary N) is 2. The highest BCUT2D eigenvalue weighted by Crippen LogP contribution is 2.21. The number of rotatable bonds is 8. The number of sulfonamides is 1. The summed E-state index contributed by atoms with van der Waals surface area (Å²) in [5.74, 6) is 0.921. The van der Waals surface area contributed by atoms with Gasteiger partial charge in [0.25, 0.3) is 10.0 Å². The molecule has 0 aliphatic rings. The first-order valence-corrected chi connectivity index (χ1v) is 11.7. The summed E-state index contributed by atoms with van der Waals surface area (Å²) in [4.78, 5) is 12.2. The second kappa shape index (κ2) is 9.82. The molecule has 0 aliphatic carbocycles. The predicted octanol–water partition coefficient (Wildman–Crippen LogP) is 5.01. The van der Waals surface area contributed by atoms with Crippen LogP contribution in [-0.2, 0) is 20.6 Å². The van der Waals surface area contributed by atoms with Gasteiger partial charge < -0.3 is 5.32 Å². The molecule has 0 heterocycles. The molecule has 0 radical (unpaired) electrons. The van der Waals surface area contributed by atoms with Gasteiger partial charge in [-0.05, 0) is 48.0 Å². The summed E-state index contributed by atoms with van der Waals surface area (Å²) in [5, 5.41) is 3.21. The van der Waals surface area contributed by atoms with Gasteiger partial charge in [0, 0.05) is 16.5 Å². The number of hydrogen-bond acceptors (Lipinski definition) is 4. The van der Waals surface area contributed by atoms with Crippen LogP contribution in [0.2, 0.25) is 5.02 Å². The standard InChI is InChI=1S/C21H19ClN2O3S2/c22-17-7-4-8-19(13-17)24-29(26,27)20-11-9-18(10-12-20)23-21(25)15-28-14-16-5-2-1-3-6-16/h1-13,24H,14-15H2,(H,23,25). The van der Waals surface area contributed by atoms with E-state index in [0.29, 0.717) is 22.2 Å². The van der Waals surface area contributed by atoms with Gasteiger partial charge in [-0.1, -0.05) is 48.0 Å². The van der Waals surface area contributed by atoms with E-state index in [0.717, 1.165) is 11.3 Å². The maximum Gasteiger partial charge on any atom is 0.261 e. The summed E-state index contributed by atoms with van der Waals surface area (Å²) in [6, 6.07) is 22.4. The van der Waals surface area contributed by atoms with Crippen LogP contribution in [0, 0.1) is 0 Å². The molecule has 0 atom stereocenters. The van der Waals surface area contributed by atoms with Crippen molar-refractivity contribution in [2.75, 3.05) is 15.8 Å². The van der Waals surface area contributed by atoms with Crippen molar-refractivity contribution in [3.8, 4) is 0 Å². The van der Waals surface area contributed by atoms with E-state index in [1.807, 2.05) is 30.3 Å². The Hall–Kier alpha value is -2.48. The molecule has 3 aromatic rings. The van der Waals surface area contributed by atoms with E-state index in [4.69, 9.17) is 11.6 Å². The third-order valence-electron chi connectivity index (χ3n) is 3.87. The SMILES string of the molecule is O=C(CSCc1ccccc1)Nc1ccc(S(=O)(=O)Nc2cccc(Cl)c2)cc1. The van der Waals surface area contributed by atoms with Gasteiger partial charge in [-0.2, -0.15) is 0 Å². The number of benzene rings is 3. The van der Waals surface area contributed by atoms with E-state index in [1.165, 1.54) is 30.0 Å². The average Bonchev–Trinajstić information content (AvgIpc) is 2.69. The highest BCUT2D eigenvalue weighted by atomic mass is 35.5. The van der Waals surface area contributed by atoms with Gasteiger partial charge in [0.1, 0.15) is 0 Å². The van der Waals surface area contributed by atoms with Crippen molar-refractivity contribution in [3.63, 3.8) is 0 Å². The summed E-state index contributed by atoms with van der Waals surface area (Å²) in [7, 11) is -3.75. The Labute approximate surface area is 179 Å². The van der Waals surface area contributed by atoms with Crippen molar-refractivity contribution in [1.82, 2.24) is 0 Å². The molecular weight excluding hydrogens is 428 g/mol. The second-order valence-electron chi connectivity index (χ2n) is 6.17. The molecule has 150 valence electrons. The van der Waals surface area contributed by atoms with Gasteiger partial charge >= 0.3 is 0 Å². The molecule has 0 saturated carbocycles. The van der Waals surface area contributed by atoms with E-state index in [2.05, 4.69) is 10.0 Å². The molecule has 3 aromatic carbocycles. The summed E-state index contributed by atoms with van der Waals surface area (Å²) >= 11 is 7.40. The monoisotopic (exact) mass is 446 g/mol. The van der Waals surface area contributed by atoms with Crippen molar-refractivity contribution in [2.45, 2.75) is 10.6 Å². The maximum absolute atomic E-state index is 12.5. The van der Waals surface area contributed by atoms with Crippen LogP contribution in [0.1, 0.15) is 5.56 Å². The Balaban J connectivity index is 1.54. The van der Waals surface area contributed by atoms with Crippen molar-refractivity contribution in [3.05, 3.63) is 89.4 Å². The third kappa shape index (κ3) is 6.52. The minimum absolute atomic E-state index is 0.0916. The molecule has 0 spiro atoms. The number of hydrogen-bond donors (Lipinski definition) is 2. The molecule has 0 bridgehead atoms. The van der Waals surface area contributed by atoms with Crippen molar-refractivity contribution in [2.24, 2.45) is 0 Å². The number of halogens is 1. The Bertz CT molecular complexity index is 1070. The summed E-state index contributed by atoms with van der Waals surface area (Å²) < 4.78 is 27.4. The summed E-state index contributed by atoms with van der Waals surface area (Å²) in [6.45, 7) is 0. The van der Waals surface area contributed by atoms with Crippen LogP contribution in [0.4, 0.5) is 11.4 Å². The first kappa shape index (κ1) is 21.2. The maximum atomic E-state index is 12.5. The quantitative estimate of drug-likeness (QED) is 0.509. The molecule has 0 saturated heterocycles. The van der Waals surface area contributed by atoms with Crippen molar-refractivity contribution >= 4 is 50.7 Å². The molecule has 8 heteroatoms. The zero-order chi connectivity index (χ0) is 20.7. The van der Waals surface area contributed by atoms with E-state index in [1.54, 1.807) is 30.3 Å². The van der Waals surface area contributed by atoms with Crippen LogP contribution in [-0.4, -0.2) is 20.1 Å². The fourth-order valence-corrected chi connectivity index (χ4v) is 4.54. The van der Waals surface area contributed by atoms with E-state index in [9.17, 15) is 13.2 Å². The lowest BCUT2D eigenvalue weighted by molar-refractivity contribution is -0.113. The minimum atomic E-state index is -3.75. The van der Waals surface area contributed by atoms with Gasteiger partial charge in [0.05, 0.1) is 16.3 Å². The number of thioether (sulfide) groups is 1. The smallest absolute Gasteiger partial charge is 0.261 e. The zero-order valence-corrected chi connectivity index (χ0v) is 17.7. The molecule has 5 nitrogen and oxygen atoms in total. The van der Waals surface area contributed by atoms with Gasteiger partial charge in [0.15, 0.2) is 0 Å². The Morgan fingerprint density at radius 1 is 0.897 bits per heavy atom. The lowest BCUT2D eigenvalue weighted by atomic mass is 10.2. The van der Waals surface area contributed by atoms with Crippen molar-refractivity contribution < 1.29 is 13.2 Å². The minimum Gasteiger partial charge on any atom is -0.325 e. The summed E-state index contributed by atoms with van der Waals surface area (Å²) in [6.07, 6.45) is 0. The summed E-state index contributed by atoms with van der Waals surface area (Å²) in [5.41, 5.74) is 2.08. The number of carbonyl (C=O) groups excluding carboxylic acids is 1. The first-order valence-electron chi connectivity index (χ1n) is 8.72. The van der Waals surface area contributed by atoms with Gasteiger partial charge in [-0.15, -0.1) is 11.8 Å². The van der Waals surface area contributed by atoms with Crippen LogP contribution < -0.4 is 10.0 Å². The number of anilines is 2. The number of amides is 1. The third-order valence-corrected chi connectivity index (χ3v) is 6.51. The zero-order valence-electron chi connectivity index (χ0n) is 15.3. The Kier molecular flexibility index (Phi) is 7.19. The van der Waals surface area contributed by atoms with Gasteiger partial charge in [0.2, 0.25) is 5.91 Å². The topological polar surface area (TPSA) is 75.3 Å². The van der Waals surface area contributed by atoms with Gasteiger partial charge in [-0.3, -0.25) is 9.52 Å². The highest BCUT2D eigenvalue weighted by Gasteiger charge is 2.14. The van der Waals surface area contributed by atoms with Crippen LogP contribution >= 0.6 is 23.4 Å². The fourth-order valence-electron chi connectivity index (χ4n) is 2.52. The van der Waals surface area contributed by atoms with Crippen LogP contribution in [0.5, 0.6) is 0 Å².